The molecule has 0 aliphatic carbocycles. The maximum atomic E-state index is 11.5. The molecular weight excluding hydrogens is 302 g/mol. The van der Waals surface area contributed by atoms with Crippen LogP contribution in [-0.4, -0.2) is 24.3 Å². The van der Waals surface area contributed by atoms with Gasteiger partial charge in [0.1, 0.15) is 0 Å². The molecule has 0 aliphatic rings. The average molecular weight is 336 g/mol. The molecular formula is C16H33NO4S. The fourth-order valence-corrected chi connectivity index (χ4v) is 2.60. The van der Waals surface area contributed by atoms with Crippen molar-refractivity contribution >= 4 is 16.0 Å². The fraction of sp³-hybridized carbons (Fsp3) is 0.938. The van der Waals surface area contributed by atoms with E-state index in [1.807, 2.05) is 0 Å². The quantitative estimate of drug-likeness (QED) is 0.371. The second-order valence-electron chi connectivity index (χ2n) is 6.01. The van der Waals surface area contributed by atoms with Gasteiger partial charge in [-0.2, -0.15) is 8.42 Å². The van der Waals surface area contributed by atoms with Crippen LogP contribution >= 0.6 is 0 Å². The first-order valence-electron chi connectivity index (χ1n) is 8.63. The van der Waals surface area contributed by atoms with E-state index in [1.165, 1.54) is 58.3 Å². The van der Waals surface area contributed by atoms with Gasteiger partial charge in [-0.3, -0.25) is 9.35 Å². The minimum Gasteiger partial charge on any atom is -0.338 e. The first kappa shape index (κ1) is 21.4. The van der Waals surface area contributed by atoms with Gasteiger partial charge in [0.15, 0.2) is 5.37 Å². The van der Waals surface area contributed by atoms with Crippen molar-refractivity contribution in [2.75, 3.05) is 0 Å². The normalized spacial score (nSPS) is 13.0. The lowest BCUT2D eigenvalue weighted by atomic mass is 10.1. The molecule has 1 unspecified atom stereocenters. The summed E-state index contributed by atoms with van der Waals surface area (Å²) in [6.07, 6.45) is 13.6. The Hall–Kier alpha value is -0.620. The van der Waals surface area contributed by atoms with Gasteiger partial charge in [-0.05, 0) is 13.3 Å². The van der Waals surface area contributed by atoms with E-state index in [0.29, 0.717) is 6.42 Å². The molecule has 22 heavy (non-hydrogen) atoms. The predicted octanol–water partition coefficient (Wildman–Crippen LogP) is 4.04. The van der Waals surface area contributed by atoms with Crippen LogP contribution in [0.4, 0.5) is 0 Å². The first-order valence-corrected chi connectivity index (χ1v) is 10.1. The van der Waals surface area contributed by atoms with Crippen molar-refractivity contribution in [3.8, 4) is 0 Å². The van der Waals surface area contributed by atoms with Crippen LogP contribution in [0.3, 0.4) is 0 Å². The Balaban J connectivity index is 3.37. The summed E-state index contributed by atoms with van der Waals surface area (Å²) < 4.78 is 30.3. The van der Waals surface area contributed by atoms with E-state index < -0.39 is 15.5 Å². The van der Waals surface area contributed by atoms with Gasteiger partial charge >= 0.3 is 0 Å². The summed E-state index contributed by atoms with van der Waals surface area (Å²) in [5.41, 5.74) is 0. The molecule has 0 bridgehead atoms. The number of carbonyl (C=O) groups is 1. The summed E-state index contributed by atoms with van der Waals surface area (Å²) >= 11 is 0. The Labute approximate surface area is 136 Å². The van der Waals surface area contributed by atoms with Crippen LogP contribution in [0.1, 0.15) is 90.9 Å². The predicted molar refractivity (Wildman–Crippen MR) is 90.2 cm³/mol. The molecule has 0 spiro atoms. The molecule has 132 valence electrons. The van der Waals surface area contributed by atoms with Gasteiger partial charge in [-0.15, -0.1) is 0 Å². The molecule has 1 atom stereocenters. The van der Waals surface area contributed by atoms with Crippen molar-refractivity contribution in [1.82, 2.24) is 5.32 Å². The highest BCUT2D eigenvalue weighted by Crippen LogP contribution is 2.11. The third-order valence-corrected chi connectivity index (χ3v) is 4.83. The van der Waals surface area contributed by atoms with Crippen molar-refractivity contribution in [2.45, 2.75) is 96.3 Å². The molecule has 0 aromatic carbocycles. The van der Waals surface area contributed by atoms with Crippen molar-refractivity contribution < 1.29 is 17.8 Å². The van der Waals surface area contributed by atoms with E-state index in [2.05, 4.69) is 12.2 Å². The maximum absolute atomic E-state index is 11.5. The molecule has 0 heterocycles. The summed E-state index contributed by atoms with van der Waals surface area (Å²) in [6.45, 7) is 3.48. The highest BCUT2D eigenvalue weighted by Gasteiger charge is 2.18. The number of nitrogens with one attached hydrogen (secondary N) is 1. The van der Waals surface area contributed by atoms with E-state index in [4.69, 9.17) is 4.55 Å². The van der Waals surface area contributed by atoms with Gasteiger partial charge in [0.2, 0.25) is 5.91 Å². The molecule has 0 fully saturated rings. The molecule has 6 heteroatoms. The van der Waals surface area contributed by atoms with Crippen molar-refractivity contribution in [3.05, 3.63) is 0 Å². The van der Waals surface area contributed by atoms with Crippen LogP contribution in [0.5, 0.6) is 0 Å². The largest absolute Gasteiger partial charge is 0.338 e. The fourth-order valence-electron chi connectivity index (χ4n) is 2.32. The number of hydrogen-bond acceptors (Lipinski definition) is 3. The lowest BCUT2D eigenvalue weighted by Gasteiger charge is -2.10. The monoisotopic (exact) mass is 335 g/mol. The van der Waals surface area contributed by atoms with Crippen molar-refractivity contribution in [2.24, 2.45) is 0 Å². The highest BCUT2D eigenvalue weighted by atomic mass is 32.2. The number of unbranched alkanes of at least 4 members (excludes halogenated alkanes) is 10. The molecule has 0 aromatic rings. The SMILES string of the molecule is CCCCCCCCCCCCCC(=O)NC(C)S(=O)(=O)O. The van der Waals surface area contributed by atoms with Crippen LogP contribution < -0.4 is 5.32 Å². The zero-order valence-corrected chi connectivity index (χ0v) is 15.0. The van der Waals surface area contributed by atoms with Gasteiger partial charge < -0.3 is 5.32 Å². The third-order valence-electron chi connectivity index (χ3n) is 3.82. The van der Waals surface area contributed by atoms with E-state index in [1.54, 1.807) is 0 Å². The Morgan fingerprint density at radius 2 is 1.32 bits per heavy atom. The number of hydrogen-bond donors (Lipinski definition) is 2. The minimum atomic E-state index is -4.18. The Bertz CT molecular complexity index is 382. The van der Waals surface area contributed by atoms with Gasteiger partial charge in [-0.1, -0.05) is 71.1 Å². The van der Waals surface area contributed by atoms with Gasteiger partial charge in [0, 0.05) is 6.42 Å². The summed E-state index contributed by atoms with van der Waals surface area (Å²) in [4.78, 5) is 11.5. The van der Waals surface area contributed by atoms with E-state index in [9.17, 15) is 13.2 Å². The van der Waals surface area contributed by atoms with Crippen molar-refractivity contribution in [1.29, 1.82) is 0 Å². The van der Waals surface area contributed by atoms with Gasteiger partial charge in [-0.25, -0.2) is 0 Å². The Morgan fingerprint density at radius 1 is 0.909 bits per heavy atom. The zero-order valence-electron chi connectivity index (χ0n) is 14.1. The van der Waals surface area contributed by atoms with E-state index in [0.717, 1.165) is 19.3 Å². The van der Waals surface area contributed by atoms with Crippen LogP contribution in [0.25, 0.3) is 0 Å². The molecule has 1 amide bonds. The topological polar surface area (TPSA) is 83.5 Å². The van der Waals surface area contributed by atoms with Gasteiger partial charge in [0.05, 0.1) is 0 Å². The van der Waals surface area contributed by atoms with Crippen LogP contribution in [0, 0.1) is 0 Å². The molecule has 0 saturated heterocycles. The summed E-state index contributed by atoms with van der Waals surface area (Å²) in [6, 6.07) is 0. The molecule has 5 nitrogen and oxygen atoms in total. The van der Waals surface area contributed by atoms with E-state index in [-0.39, 0.29) is 5.91 Å². The molecule has 0 aromatic heterocycles. The minimum absolute atomic E-state index is 0.316. The highest BCUT2D eigenvalue weighted by molar-refractivity contribution is 7.86. The lowest BCUT2D eigenvalue weighted by molar-refractivity contribution is -0.121. The van der Waals surface area contributed by atoms with Gasteiger partial charge in [0.25, 0.3) is 10.1 Å². The average Bonchev–Trinajstić information content (AvgIpc) is 2.43. The maximum Gasteiger partial charge on any atom is 0.285 e. The molecule has 0 radical (unpaired) electrons. The van der Waals surface area contributed by atoms with E-state index >= 15 is 0 Å². The molecule has 0 saturated carbocycles. The summed E-state index contributed by atoms with van der Waals surface area (Å²) in [5.74, 6) is -0.318. The number of carbonyl (C=O) groups excluding carboxylic acids is 1. The number of rotatable bonds is 14. The zero-order chi connectivity index (χ0) is 16.8. The standard InChI is InChI=1S/C16H33NO4S/c1-3-4-5-6-7-8-9-10-11-12-13-14-16(18)17-15(2)22(19,20)21/h15H,3-14H2,1-2H3,(H,17,18)(H,19,20,21). The molecule has 2 N–H and O–H groups in total. The van der Waals surface area contributed by atoms with Crippen LogP contribution in [0.15, 0.2) is 0 Å². The molecule has 0 aliphatic heterocycles. The Morgan fingerprint density at radius 3 is 1.73 bits per heavy atom. The van der Waals surface area contributed by atoms with Crippen LogP contribution in [0.2, 0.25) is 0 Å². The second-order valence-corrected chi connectivity index (χ2v) is 7.75. The lowest BCUT2D eigenvalue weighted by Crippen LogP contribution is -2.37. The second kappa shape index (κ2) is 12.9. The Kier molecular flexibility index (Phi) is 12.5. The van der Waals surface area contributed by atoms with Crippen molar-refractivity contribution in [3.63, 3.8) is 0 Å². The first-order chi connectivity index (χ1) is 10.4. The summed E-state index contributed by atoms with van der Waals surface area (Å²) in [7, 11) is -4.18. The molecule has 0 rings (SSSR count). The third kappa shape index (κ3) is 13.1. The summed E-state index contributed by atoms with van der Waals surface area (Å²) in [5, 5.41) is 1.05. The number of amides is 1. The van der Waals surface area contributed by atoms with Crippen LogP contribution in [-0.2, 0) is 14.9 Å². The smallest absolute Gasteiger partial charge is 0.285 e.